The van der Waals surface area contributed by atoms with Crippen LogP contribution in [0.5, 0.6) is 0 Å². The number of benzene rings is 3. The molecule has 0 fully saturated rings. The summed E-state index contributed by atoms with van der Waals surface area (Å²) in [5, 5.41) is 5.38. The number of urea groups is 1. The van der Waals surface area contributed by atoms with E-state index in [2.05, 4.69) is 10.6 Å². The number of anilines is 1. The molecule has 3 aromatic rings. The van der Waals surface area contributed by atoms with E-state index in [4.69, 9.17) is 0 Å². The van der Waals surface area contributed by atoms with Gasteiger partial charge in [0.05, 0.1) is 4.90 Å². The second-order valence-corrected chi connectivity index (χ2v) is 8.20. The van der Waals surface area contributed by atoms with Gasteiger partial charge in [0, 0.05) is 23.7 Å². The lowest BCUT2D eigenvalue weighted by molar-refractivity contribution is 0.255. The molecule has 0 heterocycles. The topological polar surface area (TPSA) is 75.3 Å². The van der Waals surface area contributed by atoms with Crippen molar-refractivity contribution in [1.29, 1.82) is 0 Å². The molecule has 0 aliphatic rings. The van der Waals surface area contributed by atoms with Crippen molar-refractivity contribution >= 4 is 27.1 Å². The Labute approximate surface area is 164 Å². The van der Waals surface area contributed by atoms with E-state index in [9.17, 15) is 13.2 Å². The maximum absolute atomic E-state index is 12.3. The summed E-state index contributed by atoms with van der Waals surface area (Å²) in [5.74, 6) is 0. The highest BCUT2D eigenvalue weighted by molar-refractivity contribution is 7.90. The first-order valence-electron chi connectivity index (χ1n) is 8.62. The number of sulfone groups is 1. The first kappa shape index (κ1) is 19.4. The maximum Gasteiger partial charge on any atom is 0.323 e. The molecule has 6 heteroatoms. The molecule has 2 N–H and O–H groups in total. The van der Waals surface area contributed by atoms with Crippen molar-refractivity contribution in [2.45, 2.75) is 4.90 Å². The van der Waals surface area contributed by atoms with Gasteiger partial charge in [0.2, 0.25) is 0 Å². The van der Waals surface area contributed by atoms with Gasteiger partial charge >= 0.3 is 6.03 Å². The monoisotopic (exact) mass is 392 g/mol. The minimum Gasteiger partial charge on any atom is -0.314 e. The van der Waals surface area contributed by atoms with Gasteiger partial charge in [-0.1, -0.05) is 66.7 Å². The average molecular weight is 392 g/mol. The predicted molar refractivity (Wildman–Crippen MR) is 112 cm³/mol. The molecule has 3 rings (SSSR count). The normalized spacial score (nSPS) is 10.8. The second-order valence-electron chi connectivity index (χ2n) is 6.19. The Bertz CT molecular complexity index is 1050. The molecule has 0 saturated heterocycles. The fourth-order valence-electron chi connectivity index (χ4n) is 2.68. The van der Waals surface area contributed by atoms with Crippen molar-refractivity contribution in [3.05, 3.63) is 102 Å². The van der Waals surface area contributed by atoms with E-state index >= 15 is 0 Å². The van der Waals surface area contributed by atoms with Gasteiger partial charge in [-0.05, 0) is 29.3 Å². The Morgan fingerprint density at radius 3 is 1.93 bits per heavy atom. The van der Waals surface area contributed by atoms with Gasteiger partial charge in [-0.3, -0.25) is 0 Å². The molecule has 0 radical (unpaired) electrons. The first-order valence-corrected chi connectivity index (χ1v) is 10.5. The number of amides is 2. The molecule has 2 amide bonds. The van der Waals surface area contributed by atoms with Gasteiger partial charge in [-0.15, -0.1) is 0 Å². The van der Waals surface area contributed by atoms with Crippen molar-refractivity contribution in [2.75, 3.05) is 11.6 Å². The number of carbonyl (C=O) groups excluding carboxylic acids is 1. The van der Waals surface area contributed by atoms with Crippen LogP contribution in [-0.4, -0.2) is 20.7 Å². The molecule has 0 saturated carbocycles. The molecule has 0 spiro atoms. The van der Waals surface area contributed by atoms with Crippen molar-refractivity contribution in [1.82, 2.24) is 5.32 Å². The molecule has 0 bridgehead atoms. The molecule has 142 valence electrons. The Kier molecular flexibility index (Phi) is 5.91. The summed E-state index contributed by atoms with van der Waals surface area (Å²) >= 11 is 0. The van der Waals surface area contributed by atoms with Gasteiger partial charge in [-0.2, -0.15) is 0 Å². The lowest BCUT2D eigenvalue weighted by Crippen LogP contribution is -2.24. The SMILES string of the molecule is CS(=O)(=O)c1cccc(NC(=O)NC=C(c2ccccc2)c2ccccc2)c1. The van der Waals surface area contributed by atoms with E-state index in [-0.39, 0.29) is 4.90 Å². The Morgan fingerprint density at radius 1 is 0.821 bits per heavy atom. The smallest absolute Gasteiger partial charge is 0.314 e. The summed E-state index contributed by atoms with van der Waals surface area (Å²) in [6.45, 7) is 0. The van der Waals surface area contributed by atoms with Crippen molar-refractivity contribution in [2.24, 2.45) is 0 Å². The summed E-state index contributed by atoms with van der Waals surface area (Å²) in [6.07, 6.45) is 2.77. The highest BCUT2D eigenvalue weighted by atomic mass is 32.2. The quantitative estimate of drug-likeness (QED) is 0.680. The minimum absolute atomic E-state index is 0.148. The number of nitrogens with one attached hydrogen (secondary N) is 2. The zero-order valence-electron chi connectivity index (χ0n) is 15.3. The van der Waals surface area contributed by atoms with Gasteiger partial charge in [0.15, 0.2) is 9.84 Å². The van der Waals surface area contributed by atoms with Crippen LogP contribution in [0.3, 0.4) is 0 Å². The van der Waals surface area contributed by atoms with E-state index in [0.29, 0.717) is 5.69 Å². The third-order valence-electron chi connectivity index (χ3n) is 4.04. The highest BCUT2D eigenvalue weighted by Gasteiger charge is 2.09. The Hall–Kier alpha value is -3.38. The summed E-state index contributed by atoms with van der Waals surface area (Å²) in [4.78, 5) is 12.5. The Balaban J connectivity index is 1.81. The number of rotatable bonds is 5. The molecule has 3 aromatic carbocycles. The molecule has 0 atom stereocenters. The first-order chi connectivity index (χ1) is 13.4. The van der Waals surface area contributed by atoms with Crippen LogP contribution in [0.25, 0.3) is 5.57 Å². The summed E-state index contributed by atoms with van der Waals surface area (Å²) < 4.78 is 23.3. The van der Waals surface area contributed by atoms with Crippen molar-refractivity contribution in [3.8, 4) is 0 Å². The van der Waals surface area contributed by atoms with Crippen LogP contribution < -0.4 is 10.6 Å². The van der Waals surface area contributed by atoms with Crippen LogP contribution in [0.4, 0.5) is 10.5 Å². The second kappa shape index (κ2) is 8.54. The fraction of sp³-hybridized carbons (Fsp3) is 0.0455. The van der Waals surface area contributed by atoms with Crippen LogP contribution in [0.1, 0.15) is 11.1 Å². The molecule has 28 heavy (non-hydrogen) atoms. The van der Waals surface area contributed by atoms with Crippen molar-refractivity contribution in [3.63, 3.8) is 0 Å². The predicted octanol–water partition coefficient (Wildman–Crippen LogP) is 4.30. The van der Waals surface area contributed by atoms with Gasteiger partial charge in [-0.25, -0.2) is 13.2 Å². The van der Waals surface area contributed by atoms with Crippen LogP contribution >= 0.6 is 0 Å². The van der Waals surface area contributed by atoms with E-state index in [0.717, 1.165) is 23.0 Å². The van der Waals surface area contributed by atoms with E-state index in [1.807, 2.05) is 60.7 Å². The van der Waals surface area contributed by atoms with Crippen LogP contribution in [-0.2, 0) is 9.84 Å². The maximum atomic E-state index is 12.3. The molecule has 5 nitrogen and oxygen atoms in total. The van der Waals surface area contributed by atoms with Crippen molar-refractivity contribution < 1.29 is 13.2 Å². The summed E-state index contributed by atoms with van der Waals surface area (Å²) in [6, 6.07) is 25.1. The van der Waals surface area contributed by atoms with Gasteiger partial charge < -0.3 is 10.6 Å². The minimum atomic E-state index is -3.34. The molecule has 0 aliphatic carbocycles. The van der Waals surface area contributed by atoms with Gasteiger partial charge in [0.1, 0.15) is 0 Å². The number of hydrogen-bond donors (Lipinski definition) is 2. The number of hydrogen-bond acceptors (Lipinski definition) is 3. The molecule has 0 aromatic heterocycles. The zero-order chi connectivity index (χ0) is 20.0. The summed E-state index contributed by atoms with van der Waals surface area (Å²) in [7, 11) is -3.34. The molecular formula is C22H20N2O3S. The zero-order valence-corrected chi connectivity index (χ0v) is 16.1. The van der Waals surface area contributed by atoms with Crippen LogP contribution in [0.2, 0.25) is 0 Å². The molecule has 0 unspecified atom stereocenters. The third-order valence-corrected chi connectivity index (χ3v) is 5.15. The lowest BCUT2D eigenvalue weighted by atomic mass is 9.99. The Morgan fingerprint density at radius 2 is 1.39 bits per heavy atom. The van der Waals surface area contributed by atoms with Gasteiger partial charge in [0.25, 0.3) is 0 Å². The van der Waals surface area contributed by atoms with Crippen LogP contribution in [0.15, 0.2) is 96.0 Å². The molecule has 0 aliphatic heterocycles. The average Bonchev–Trinajstić information content (AvgIpc) is 2.69. The lowest BCUT2D eigenvalue weighted by Gasteiger charge is -2.10. The number of carbonyl (C=O) groups is 1. The third kappa shape index (κ3) is 5.08. The largest absolute Gasteiger partial charge is 0.323 e. The molecular weight excluding hydrogens is 372 g/mol. The van der Waals surface area contributed by atoms with Crippen LogP contribution in [0, 0.1) is 0 Å². The van der Waals surface area contributed by atoms with E-state index in [1.54, 1.807) is 18.3 Å². The summed E-state index contributed by atoms with van der Waals surface area (Å²) in [5.41, 5.74) is 3.19. The highest BCUT2D eigenvalue weighted by Crippen LogP contribution is 2.22. The van der Waals surface area contributed by atoms with E-state index in [1.165, 1.54) is 12.1 Å². The fourth-order valence-corrected chi connectivity index (χ4v) is 3.34. The van der Waals surface area contributed by atoms with E-state index < -0.39 is 15.9 Å². The standard InChI is InChI=1S/C22H20N2O3S/c1-28(26,27)20-14-8-13-19(15-20)24-22(25)23-16-21(17-9-4-2-5-10-17)18-11-6-3-7-12-18/h2-16H,1H3,(H2,23,24,25).